The van der Waals surface area contributed by atoms with E-state index in [1.54, 1.807) is 23.1 Å². The lowest BCUT2D eigenvalue weighted by atomic mass is 9.94. The summed E-state index contributed by atoms with van der Waals surface area (Å²) in [5, 5.41) is 20.0. The number of β-amino-alcohol motifs (C(OH)–C–C–N with tert-alkyl or cyclic N) is 1. The molecule has 4 nitrogen and oxygen atoms in total. The smallest absolute Gasteiger partial charge is 0.0962 e. The molecule has 0 amide bonds. The number of anilines is 2. The molecule has 0 spiro atoms. The van der Waals surface area contributed by atoms with Gasteiger partial charge in [0.25, 0.3) is 0 Å². The molecule has 1 aromatic heterocycles. The van der Waals surface area contributed by atoms with E-state index in [1.165, 1.54) is 9.79 Å². The fraction of sp³-hybridized carbons (Fsp3) is 0.211. The molecule has 0 atom stereocenters. The Kier molecular flexibility index (Phi) is 3.60. The zero-order valence-corrected chi connectivity index (χ0v) is 15.1. The maximum absolute atomic E-state index is 10.3. The third kappa shape index (κ3) is 2.85. The highest BCUT2D eigenvalue weighted by molar-refractivity contribution is 7.99. The lowest BCUT2D eigenvalue weighted by molar-refractivity contribution is -0.00903. The number of thiazole rings is 1. The first kappa shape index (κ1) is 15.4. The van der Waals surface area contributed by atoms with Crippen molar-refractivity contribution in [2.45, 2.75) is 21.8 Å². The van der Waals surface area contributed by atoms with Crippen molar-refractivity contribution in [1.82, 2.24) is 10.3 Å². The summed E-state index contributed by atoms with van der Waals surface area (Å²) in [6.45, 7) is 1.31. The molecule has 0 radical (unpaired) electrons. The summed E-state index contributed by atoms with van der Waals surface area (Å²) in [4.78, 5) is 7.22. The lowest BCUT2D eigenvalue weighted by Crippen LogP contribution is -2.60. The number of nitrogens with one attached hydrogen (secondary N) is 2. The van der Waals surface area contributed by atoms with Gasteiger partial charge in [0.05, 0.1) is 27.7 Å². The number of rotatable bonds is 3. The molecule has 3 heterocycles. The van der Waals surface area contributed by atoms with Crippen LogP contribution in [0.4, 0.5) is 11.4 Å². The molecule has 2 aromatic carbocycles. The number of benzene rings is 2. The van der Waals surface area contributed by atoms with Crippen molar-refractivity contribution in [3.05, 3.63) is 52.9 Å². The van der Waals surface area contributed by atoms with Crippen molar-refractivity contribution in [2.24, 2.45) is 0 Å². The van der Waals surface area contributed by atoms with Crippen molar-refractivity contribution in [1.29, 1.82) is 0 Å². The predicted molar refractivity (Wildman–Crippen MR) is 103 cm³/mol. The van der Waals surface area contributed by atoms with E-state index in [2.05, 4.69) is 52.4 Å². The lowest BCUT2D eigenvalue weighted by Gasteiger charge is -2.36. The molecular formula is C19H17N3OS2. The standard InChI is InChI=1S/C19H17N3OS2/c23-19(10-20-11-19)8-18-22-15(9-24-18)12-5-6-17-14(7-12)21-13-3-1-2-4-16(13)25-17/h1-7,9,20-21,23H,8,10-11H2. The molecule has 2 aliphatic heterocycles. The van der Waals surface area contributed by atoms with Crippen LogP contribution in [0, 0.1) is 0 Å². The number of fused-ring (bicyclic) bond motifs is 2. The number of nitrogens with zero attached hydrogens (tertiary/aromatic N) is 1. The highest BCUT2D eigenvalue weighted by atomic mass is 32.2. The van der Waals surface area contributed by atoms with Crippen LogP contribution in [0.3, 0.4) is 0 Å². The summed E-state index contributed by atoms with van der Waals surface area (Å²) < 4.78 is 0. The largest absolute Gasteiger partial charge is 0.387 e. The number of hydrogen-bond donors (Lipinski definition) is 3. The molecule has 6 heteroatoms. The molecule has 0 unspecified atom stereocenters. The van der Waals surface area contributed by atoms with Crippen molar-refractivity contribution in [3.8, 4) is 11.3 Å². The van der Waals surface area contributed by atoms with Gasteiger partial charge in [0.15, 0.2) is 0 Å². The van der Waals surface area contributed by atoms with Gasteiger partial charge in [-0.2, -0.15) is 0 Å². The van der Waals surface area contributed by atoms with Crippen molar-refractivity contribution in [3.63, 3.8) is 0 Å². The van der Waals surface area contributed by atoms with Gasteiger partial charge >= 0.3 is 0 Å². The third-order valence-electron chi connectivity index (χ3n) is 4.59. The number of aromatic nitrogens is 1. The molecule has 5 rings (SSSR count). The van der Waals surface area contributed by atoms with Gasteiger partial charge in [0.1, 0.15) is 0 Å². The van der Waals surface area contributed by atoms with Crippen LogP contribution in [-0.2, 0) is 6.42 Å². The van der Waals surface area contributed by atoms with Crippen LogP contribution in [-0.4, -0.2) is 28.8 Å². The second kappa shape index (κ2) is 5.85. The second-order valence-corrected chi connectivity index (χ2v) is 8.59. The Bertz CT molecular complexity index is 949. The van der Waals surface area contributed by atoms with Gasteiger partial charge in [-0.15, -0.1) is 11.3 Å². The van der Waals surface area contributed by atoms with E-state index in [1.807, 2.05) is 6.07 Å². The molecule has 0 bridgehead atoms. The number of aliphatic hydroxyl groups is 1. The minimum atomic E-state index is -0.618. The highest BCUT2D eigenvalue weighted by Gasteiger charge is 2.35. The van der Waals surface area contributed by atoms with Crippen LogP contribution >= 0.6 is 23.1 Å². The van der Waals surface area contributed by atoms with Crippen LogP contribution in [0.15, 0.2) is 57.6 Å². The first-order valence-electron chi connectivity index (χ1n) is 8.24. The van der Waals surface area contributed by atoms with E-state index in [-0.39, 0.29) is 0 Å². The Morgan fingerprint density at radius 2 is 1.92 bits per heavy atom. The average molecular weight is 367 g/mol. The van der Waals surface area contributed by atoms with E-state index >= 15 is 0 Å². The Balaban J connectivity index is 1.42. The normalized spacial score (nSPS) is 17.2. The summed E-state index contributed by atoms with van der Waals surface area (Å²) in [5.41, 5.74) is 3.73. The van der Waals surface area contributed by atoms with Gasteiger partial charge in [-0.25, -0.2) is 4.98 Å². The summed E-state index contributed by atoms with van der Waals surface area (Å²) in [5.74, 6) is 0. The van der Waals surface area contributed by atoms with Crippen LogP contribution in [0.1, 0.15) is 5.01 Å². The van der Waals surface area contributed by atoms with Gasteiger partial charge < -0.3 is 15.7 Å². The molecule has 1 fully saturated rings. The van der Waals surface area contributed by atoms with Crippen LogP contribution < -0.4 is 10.6 Å². The van der Waals surface area contributed by atoms with Crippen LogP contribution in [0.5, 0.6) is 0 Å². The Morgan fingerprint density at radius 1 is 1.08 bits per heavy atom. The predicted octanol–water partition coefficient (Wildman–Crippen LogP) is 3.90. The zero-order chi connectivity index (χ0) is 16.9. The minimum Gasteiger partial charge on any atom is -0.387 e. The van der Waals surface area contributed by atoms with E-state index < -0.39 is 5.60 Å². The van der Waals surface area contributed by atoms with Gasteiger partial charge in [0.2, 0.25) is 0 Å². The maximum Gasteiger partial charge on any atom is 0.0962 e. The maximum atomic E-state index is 10.3. The number of hydrogen-bond acceptors (Lipinski definition) is 6. The third-order valence-corrected chi connectivity index (χ3v) is 6.59. The van der Waals surface area contributed by atoms with E-state index in [0.29, 0.717) is 19.5 Å². The molecule has 25 heavy (non-hydrogen) atoms. The number of para-hydroxylation sites is 1. The molecule has 0 saturated carbocycles. The highest BCUT2D eigenvalue weighted by Crippen LogP contribution is 2.45. The molecule has 2 aliphatic rings. The molecular weight excluding hydrogens is 350 g/mol. The zero-order valence-electron chi connectivity index (χ0n) is 13.5. The first-order chi connectivity index (χ1) is 12.2. The summed E-state index contributed by atoms with van der Waals surface area (Å²) in [7, 11) is 0. The first-order valence-corrected chi connectivity index (χ1v) is 9.94. The topological polar surface area (TPSA) is 57.2 Å². The van der Waals surface area contributed by atoms with Gasteiger partial charge in [-0.1, -0.05) is 30.0 Å². The van der Waals surface area contributed by atoms with Gasteiger partial charge in [-0.05, 0) is 24.3 Å². The van der Waals surface area contributed by atoms with Crippen LogP contribution in [0.25, 0.3) is 11.3 Å². The second-order valence-electron chi connectivity index (χ2n) is 6.57. The van der Waals surface area contributed by atoms with E-state index in [4.69, 9.17) is 4.98 Å². The van der Waals surface area contributed by atoms with Crippen molar-refractivity contribution < 1.29 is 5.11 Å². The fourth-order valence-electron chi connectivity index (χ4n) is 3.14. The molecule has 3 aromatic rings. The molecule has 126 valence electrons. The Morgan fingerprint density at radius 3 is 2.76 bits per heavy atom. The molecule has 1 saturated heterocycles. The Labute approximate surface area is 154 Å². The van der Waals surface area contributed by atoms with Gasteiger partial charge in [0, 0.05) is 40.2 Å². The van der Waals surface area contributed by atoms with Crippen LogP contribution in [0.2, 0.25) is 0 Å². The van der Waals surface area contributed by atoms with Crippen molar-refractivity contribution >= 4 is 34.5 Å². The van der Waals surface area contributed by atoms with E-state index in [0.717, 1.165) is 27.6 Å². The summed E-state index contributed by atoms with van der Waals surface area (Å²) in [6.07, 6.45) is 0.622. The molecule has 0 aliphatic carbocycles. The molecule has 3 N–H and O–H groups in total. The quantitative estimate of drug-likeness (QED) is 0.513. The summed E-state index contributed by atoms with van der Waals surface area (Å²) >= 11 is 3.41. The summed E-state index contributed by atoms with van der Waals surface area (Å²) in [6, 6.07) is 14.8. The average Bonchev–Trinajstić information content (AvgIpc) is 3.06. The Hall–Kier alpha value is -1.86. The van der Waals surface area contributed by atoms with Crippen molar-refractivity contribution in [2.75, 3.05) is 18.4 Å². The van der Waals surface area contributed by atoms with Gasteiger partial charge in [-0.3, -0.25) is 0 Å². The van der Waals surface area contributed by atoms with E-state index in [9.17, 15) is 5.11 Å². The fourth-order valence-corrected chi connectivity index (χ4v) is 5.05. The SMILES string of the molecule is OC1(Cc2nc(-c3ccc4c(c3)Nc3ccccc3S4)cs2)CNC1. The minimum absolute atomic E-state index is 0.618. The monoisotopic (exact) mass is 367 g/mol.